The fourth-order valence-corrected chi connectivity index (χ4v) is 4.07. The standard InChI is InChI=1S/C24H25Br2N3O5/c1-6-13(2)22-28-19-8-7-16(25)10-18(19)23(30)29(22)27-12-15-9-17(26)11-20(32-4)21(15)34-14(3)24(31)33-5/h7-14H,6H2,1-5H3/t13-,14-/m0/s1. The highest BCUT2D eigenvalue weighted by Crippen LogP contribution is 2.35. The van der Waals surface area contributed by atoms with Crippen molar-refractivity contribution in [3.63, 3.8) is 0 Å². The molecule has 1 aromatic heterocycles. The first-order valence-electron chi connectivity index (χ1n) is 10.6. The van der Waals surface area contributed by atoms with E-state index >= 15 is 0 Å². The van der Waals surface area contributed by atoms with Gasteiger partial charge in [-0.05, 0) is 43.7 Å². The molecule has 0 N–H and O–H groups in total. The van der Waals surface area contributed by atoms with Gasteiger partial charge in [0.15, 0.2) is 17.6 Å². The van der Waals surface area contributed by atoms with Gasteiger partial charge >= 0.3 is 5.97 Å². The SMILES string of the molecule is CC[C@H](C)c1nc2ccc(Br)cc2c(=O)n1N=Cc1cc(Br)cc(OC)c1O[C@@H](C)C(=O)OC. The maximum absolute atomic E-state index is 13.4. The second-order valence-corrected chi connectivity index (χ2v) is 9.44. The van der Waals surface area contributed by atoms with E-state index in [0.717, 1.165) is 10.9 Å². The second kappa shape index (κ2) is 11.1. The Kier molecular flexibility index (Phi) is 8.48. The highest BCUT2D eigenvalue weighted by atomic mass is 79.9. The molecule has 0 bridgehead atoms. The molecule has 0 amide bonds. The molecule has 3 rings (SSSR count). The Morgan fingerprint density at radius 1 is 1.18 bits per heavy atom. The third-order valence-corrected chi connectivity index (χ3v) is 6.25. The topological polar surface area (TPSA) is 92.0 Å². The van der Waals surface area contributed by atoms with Gasteiger partial charge in [-0.15, -0.1) is 0 Å². The highest BCUT2D eigenvalue weighted by molar-refractivity contribution is 9.10. The second-order valence-electron chi connectivity index (χ2n) is 7.61. The van der Waals surface area contributed by atoms with E-state index in [1.807, 2.05) is 19.9 Å². The van der Waals surface area contributed by atoms with Gasteiger partial charge in [-0.2, -0.15) is 9.78 Å². The fraction of sp³-hybridized carbons (Fsp3) is 0.333. The van der Waals surface area contributed by atoms with Crippen LogP contribution in [0.1, 0.15) is 44.5 Å². The van der Waals surface area contributed by atoms with E-state index < -0.39 is 12.1 Å². The van der Waals surface area contributed by atoms with Crippen molar-refractivity contribution < 1.29 is 19.0 Å². The van der Waals surface area contributed by atoms with Gasteiger partial charge in [0.2, 0.25) is 0 Å². The molecule has 0 aliphatic rings. The Balaban J connectivity index is 2.19. The maximum Gasteiger partial charge on any atom is 0.346 e. The van der Waals surface area contributed by atoms with Crippen molar-refractivity contribution in [2.24, 2.45) is 5.10 Å². The molecule has 1 heterocycles. The summed E-state index contributed by atoms with van der Waals surface area (Å²) in [7, 11) is 2.78. The van der Waals surface area contributed by atoms with Crippen LogP contribution >= 0.6 is 31.9 Å². The van der Waals surface area contributed by atoms with Crippen LogP contribution in [0.15, 0.2) is 49.2 Å². The molecule has 0 aliphatic carbocycles. The van der Waals surface area contributed by atoms with E-state index in [-0.39, 0.29) is 11.5 Å². The monoisotopic (exact) mass is 593 g/mol. The predicted octanol–water partition coefficient (Wildman–Crippen LogP) is 5.27. The normalized spacial score (nSPS) is 13.1. The Morgan fingerprint density at radius 3 is 2.56 bits per heavy atom. The number of hydrogen-bond acceptors (Lipinski definition) is 7. The minimum absolute atomic E-state index is 0.00925. The smallest absolute Gasteiger partial charge is 0.346 e. The minimum Gasteiger partial charge on any atom is -0.493 e. The number of benzene rings is 2. The number of methoxy groups -OCH3 is 2. The molecule has 0 aliphatic heterocycles. The van der Waals surface area contributed by atoms with Crippen molar-refractivity contribution in [2.75, 3.05) is 14.2 Å². The van der Waals surface area contributed by atoms with Crippen LogP contribution in [0, 0.1) is 0 Å². The van der Waals surface area contributed by atoms with Crippen molar-refractivity contribution in [1.82, 2.24) is 9.66 Å². The zero-order valence-corrected chi connectivity index (χ0v) is 22.6. The average molecular weight is 595 g/mol. The first-order chi connectivity index (χ1) is 16.2. The van der Waals surface area contributed by atoms with E-state index in [2.05, 4.69) is 37.0 Å². The zero-order valence-electron chi connectivity index (χ0n) is 19.5. The number of rotatable bonds is 8. The van der Waals surface area contributed by atoms with E-state index in [0.29, 0.717) is 38.3 Å². The van der Waals surface area contributed by atoms with Gasteiger partial charge in [-0.1, -0.05) is 45.7 Å². The highest BCUT2D eigenvalue weighted by Gasteiger charge is 2.21. The van der Waals surface area contributed by atoms with Crippen LogP contribution in [0.4, 0.5) is 0 Å². The summed E-state index contributed by atoms with van der Waals surface area (Å²) in [4.78, 5) is 30.0. The number of ether oxygens (including phenoxy) is 3. The van der Waals surface area contributed by atoms with Crippen molar-refractivity contribution in [3.8, 4) is 11.5 Å². The summed E-state index contributed by atoms with van der Waals surface area (Å²) in [5.74, 6) is 0.687. The van der Waals surface area contributed by atoms with Crippen LogP contribution in [0.3, 0.4) is 0 Å². The molecular weight excluding hydrogens is 570 g/mol. The molecule has 10 heteroatoms. The molecule has 0 unspecified atom stereocenters. The maximum atomic E-state index is 13.4. The predicted molar refractivity (Wildman–Crippen MR) is 138 cm³/mol. The number of carbonyl (C=O) groups excluding carboxylic acids is 1. The molecule has 0 saturated carbocycles. The summed E-state index contributed by atoms with van der Waals surface area (Å²) in [6.07, 6.45) is 1.38. The quantitative estimate of drug-likeness (QED) is 0.261. The molecule has 0 radical (unpaired) electrons. The van der Waals surface area contributed by atoms with Crippen LogP contribution in [0.5, 0.6) is 11.5 Å². The summed E-state index contributed by atoms with van der Waals surface area (Å²) in [5, 5.41) is 4.95. The van der Waals surface area contributed by atoms with E-state index in [1.165, 1.54) is 25.1 Å². The molecular formula is C24H25Br2N3O5. The van der Waals surface area contributed by atoms with Crippen molar-refractivity contribution in [1.29, 1.82) is 0 Å². The first kappa shape index (κ1) is 25.9. The van der Waals surface area contributed by atoms with Crippen LogP contribution in [-0.2, 0) is 9.53 Å². The molecule has 2 atom stereocenters. The number of halogens is 2. The lowest BCUT2D eigenvalue weighted by Crippen LogP contribution is -2.26. The van der Waals surface area contributed by atoms with E-state index in [4.69, 9.17) is 19.2 Å². The summed E-state index contributed by atoms with van der Waals surface area (Å²) < 4.78 is 18.9. The third kappa shape index (κ3) is 5.50. The molecule has 3 aromatic rings. The lowest BCUT2D eigenvalue weighted by Gasteiger charge is -2.18. The van der Waals surface area contributed by atoms with Gasteiger partial charge in [0.05, 0.1) is 31.3 Å². The lowest BCUT2D eigenvalue weighted by molar-refractivity contribution is -0.147. The zero-order chi connectivity index (χ0) is 25.0. The van der Waals surface area contributed by atoms with Crippen LogP contribution < -0.4 is 15.0 Å². The van der Waals surface area contributed by atoms with Crippen molar-refractivity contribution in [2.45, 2.75) is 39.2 Å². The van der Waals surface area contributed by atoms with Gasteiger partial charge in [0.1, 0.15) is 5.82 Å². The molecule has 0 saturated heterocycles. The minimum atomic E-state index is -0.884. The molecule has 2 aromatic carbocycles. The number of carbonyl (C=O) groups is 1. The number of hydrogen-bond donors (Lipinski definition) is 0. The van der Waals surface area contributed by atoms with Gasteiger partial charge in [0, 0.05) is 20.4 Å². The van der Waals surface area contributed by atoms with Gasteiger partial charge in [-0.3, -0.25) is 4.79 Å². The number of esters is 1. The van der Waals surface area contributed by atoms with Crippen LogP contribution in [0.2, 0.25) is 0 Å². The molecule has 34 heavy (non-hydrogen) atoms. The van der Waals surface area contributed by atoms with E-state index in [9.17, 15) is 9.59 Å². The Bertz CT molecular complexity index is 1310. The first-order valence-corrected chi connectivity index (χ1v) is 12.2. The largest absolute Gasteiger partial charge is 0.493 e. The number of fused-ring (bicyclic) bond motifs is 1. The fourth-order valence-electron chi connectivity index (χ4n) is 3.25. The Hall–Kier alpha value is -2.72. The van der Waals surface area contributed by atoms with E-state index in [1.54, 1.807) is 31.2 Å². The van der Waals surface area contributed by atoms with Gasteiger partial charge < -0.3 is 14.2 Å². The molecule has 8 nitrogen and oxygen atoms in total. The van der Waals surface area contributed by atoms with Crippen LogP contribution in [-0.4, -0.2) is 42.2 Å². The van der Waals surface area contributed by atoms with Crippen molar-refractivity contribution in [3.05, 3.63) is 61.0 Å². The summed E-state index contributed by atoms with van der Waals surface area (Å²) >= 11 is 6.87. The van der Waals surface area contributed by atoms with Gasteiger partial charge in [-0.25, -0.2) is 9.78 Å². The Morgan fingerprint density at radius 2 is 1.91 bits per heavy atom. The number of aromatic nitrogens is 2. The molecule has 0 fully saturated rings. The molecule has 180 valence electrons. The summed E-state index contributed by atoms with van der Waals surface area (Å²) in [5.41, 5.74) is 0.818. The number of nitrogens with zero attached hydrogens (tertiary/aromatic N) is 3. The summed E-state index contributed by atoms with van der Waals surface area (Å²) in [6.45, 7) is 5.59. The third-order valence-electron chi connectivity index (χ3n) is 5.29. The summed E-state index contributed by atoms with van der Waals surface area (Å²) in [6, 6.07) is 8.85. The Labute approximate surface area is 214 Å². The van der Waals surface area contributed by atoms with Gasteiger partial charge in [0.25, 0.3) is 5.56 Å². The molecule has 0 spiro atoms. The lowest BCUT2D eigenvalue weighted by atomic mass is 10.1. The average Bonchev–Trinajstić information content (AvgIpc) is 2.83. The van der Waals surface area contributed by atoms with Crippen LogP contribution in [0.25, 0.3) is 10.9 Å². The van der Waals surface area contributed by atoms with Crippen molar-refractivity contribution >= 4 is 54.9 Å².